The molecule has 0 aliphatic heterocycles. The molecule has 0 saturated heterocycles. The third-order valence-electron chi connectivity index (χ3n) is 6.25. The standard InChI is InChI=1S/C25H44O.C4H10/c1-10-16-25(11-2,12-3)26-19-20-14-13-15-21(17-20)22(24(7,8)9)18-23(4,5)6;1-3-4-2/h13-15,17,22H,10-12,16,18-19H2,1-9H3;3-4H2,1-2H3. The highest BCUT2D eigenvalue weighted by atomic mass is 16.5. The zero-order valence-corrected chi connectivity index (χ0v) is 22.5. The number of hydrogen-bond acceptors (Lipinski definition) is 1. The molecule has 1 rings (SSSR count). The van der Waals surface area contributed by atoms with Crippen LogP contribution in [-0.4, -0.2) is 5.60 Å². The monoisotopic (exact) mass is 418 g/mol. The topological polar surface area (TPSA) is 9.23 Å². The van der Waals surface area contributed by atoms with Crippen molar-refractivity contribution < 1.29 is 4.74 Å². The predicted octanol–water partition coefficient (Wildman–Crippen LogP) is 9.93. The second-order valence-electron chi connectivity index (χ2n) is 11.4. The Balaban J connectivity index is 0.00000192. The highest BCUT2D eigenvalue weighted by molar-refractivity contribution is 5.27. The maximum Gasteiger partial charge on any atom is 0.0724 e. The van der Waals surface area contributed by atoms with Gasteiger partial charge in [0.25, 0.3) is 0 Å². The minimum absolute atomic E-state index is 0.0413. The van der Waals surface area contributed by atoms with Gasteiger partial charge in [-0.2, -0.15) is 0 Å². The average Bonchev–Trinajstić information content (AvgIpc) is 2.68. The van der Waals surface area contributed by atoms with Crippen LogP contribution in [0.15, 0.2) is 24.3 Å². The molecule has 0 aliphatic rings. The summed E-state index contributed by atoms with van der Waals surface area (Å²) < 4.78 is 6.48. The summed E-state index contributed by atoms with van der Waals surface area (Å²) in [4.78, 5) is 0. The van der Waals surface area contributed by atoms with Crippen LogP contribution in [0.1, 0.15) is 138 Å². The number of rotatable bonds is 10. The van der Waals surface area contributed by atoms with E-state index in [1.54, 1.807) is 0 Å². The van der Waals surface area contributed by atoms with Gasteiger partial charge >= 0.3 is 0 Å². The highest BCUT2D eigenvalue weighted by Crippen LogP contribution is 2.43. The van der Waals surface area contributed by atoms with Crippen molar-refractivity contribution in [3.63, 3.8) is 0 Å². The van der Waals surface area contributed by atoms with E-state index in [0.29, 0.717) is 11.3 Å². The predicted molar refractivity (Wildman–Crippen MR) is 136 cm³/mol. The molecule has 0 aliphatic carbocycles. The molecule has 1 aromatic carbocycles. The Hall–Kier alpha value is -0.820. The van der Waals surface area contributed by atoms with Gasteiger partial charge in [-0.15, -0.1) is 0 Å². The summed E-state index contributed by atoms with van der Waals surface area (Å²) >= 11 is 0. The largest absolute Gasteiger partial charge is 0.370 e. The summed E-state index contributed by atoms with van der Waals surface area (Å²) in [5.74, 6) is 0.556. The van der Waals surface area contributed by atoms with Crippen molar-refractivity contribution in [3.8, 4) is 0 Å². The number of ether oxygens (including phenoxy) is 1. The SMILES string of the molecule is CCCC.CCCC(CC)(CC)OCc1cccc(C(CC(C)(C)C)C(C)(C)C)c1. The third kappa shape index (κ3) is 11.0. The van der Waals surface area contributed by atoms with Crippen molar-refractivity contribution >= 4 is 0 Å². The minimum Gasteiger partial charge on any atom is -0.370 e. The quantitative estimate of drug-likeness (QED) is 0.367. The van der Waals surface area contributed by atoms with Gasteiger partial charge in [0.05, 0.1) is 12.2 Å². The van der Waals surface area contributed by atoms with E-state index in [9.17, 15) is 0 Å². The zero-order valence-electron chi connectivity index (χ0n) is 22.5. The average molecular weight is 419 g/mol. The number of benzene rings is 1. The fourth-order valence-corrected chi connectivity index (χ4v) is 4.01. The van der Waals surface area contributed by atoms with Gasteiger partial charge in [0.1, 0.15) is 0 Å². The van der Waals surface area contributed by atoms with E-state index in [1.807, 2.05) is 0 Å². The molecule has 0 saturated carbocycles. The van der Waals surface area contributed by atoms with E-state index >= 15 is 0 Å². The first kappa shape index (κ1) is 29.2. The number of unbranched alkanes of at least 4 members (excludes halogenated alkanes) is 1. The van der Waals surface area contributed by atoms with Gasteiger partial charge in [0.15, 0.2) is 0 Å². The van der Waals surface area contributed by atoms with E-state index in [1.165, 1.54) is 36.8 Å². The minimum atomic E-state index is 0.0413. The van der Waals surface area contributed by atoms with Crippen molar-refractivity contribution in [2.24, 2.45) is 10.8 Å². The van der Waals surface area contributed by atoms with Crippen molar-refractivity contribution in [1.82, 2.24) is 0 Å². The molecule has 1 heteroatoms. The van der Waals surface area contributed by atoms with Crippen LogP contribution in [0.25, 0.3) is 0 Å². The van der Waals surface area contributed by atoms with Gasteiger partial charge in [0.2, 0.25) is 0 Å². The molecule has 0 amide bonds. The summed E-state index contributed by atoms with van der Waals surface area (Å²) in [6.07, 6.45) is 8.34. The Labute approximate surface area is 190 Å². The molecule has 0 spiro atoms. The molecule has 0 N–H and O–H groups in total. The van der Waals surface area contributed by atoms with Crippen molar-refractivity contribution in [2.45, 2.75) is 139 Å². The molecule has 1 atom stereocenters. The molecule has 1 nitrogen and oxygen atoms in total. The first-order valence-electron chi connectivity index (χ1n) is 12.6. The van der Waals surface area contributed by atoms with E-state index < -0.39 is 0 Å². The molecule has 176 valence electrons. The maximum atomic E-state index is 6.48. The van der Waals surface area contributed by atoms with Gasteiger partial charge in [-0.1, -0.05) is 120 Å². The molecule has 0 fully saturated rings. The van der Waals surface area contributed by atoms with E-state index in [4.69, 9.17) is 4.74 Å². The first-order chi connectivity index (χ1) is 13.9. The normalized spacial score (nSPS) is 13.6. The van der Waals surface area contributed by atoms with Gasteiger partial charge in [-0.05, 0) is 53.6 Å². The van der Waals surface area contributed by atoms with Crippen LogP contribution in [0.2, 0.25) is 0 Å². The van der Waals surface area contributed by atoms with E-state index in [2.05, 4.69) is 100 Å². The zero-order chi connectivity index (χ0) is 23.4. The fraction of sp³-hybridized carbons (Fsp3) is 0.793. The lowest BCUT2D eigenvalue weighted by atomic mass is 9.69. The van der Waals surface area contributed by atoms with Crippen LogP contribution in [-0.2, 0) is 11.3 Å². The maximum absolute atomic E-state index is 6.48. The Morgan fingerprint density at radius 2 is 1.37 bits per heavy atom. The second-order valence-corrected chi connectivity index (χ2v) is 11.4. The molecule has 30 heavy (non-hydrogen) atoms. The van der Waals surface area contributed by atoms with Crippen molar-refractivity contribution in [1.29, 1.82) is 0 Å². The van der Waals surface area contributed by atoms with Gasteiger partial charge in [-0.3, -0.25) is 0 Å². The van der Waals surface area contributed by atoms with E-state index in [0.717, 1.165) is 25.9 Å². The first-order valence-corrected chi connectivity index (χ1v) is 12.6. The smallest absolute Gasteiger partial charge is 0.0724 e. The summed E-state index contributed by atoms with van der Waals surface area (Å²) in [5.41, 5.74) is 3.40. The molecular weight excluding hydrogens is 364 g/mol. The molecule has 0 radical (unpaired) electrons. The van der Waals surface area contributed by atoms with Gasteiger partial charge < -0.3 is 4.74 Å². The van der Waals surface area contributed by atoms with Crippen LogP contribution in [0, 0.1) is 10.8 Å². The summed E-state index contributed by atoms with van der Waals surface area (Å²) in [7, 11) is 0. The Bertz CT molecular complexity index is 552. The summed E-state index contributed by atoms with van der Waals surface area (Å²) in [6, 6.07) is 9.14. The molecule has 0 aromatic heterocycles. The van der Waals surface area contributed by atoms with E-state index in [-0.39, 0.29) is 11.0 Å². The lowest BCUT2D eigenvalue weighted by Crippen LogP contribution is -2.30. The lowest BCUT2D eigenvalue weighted by Gasteiger charge is -2.36. The van der Waals surface area contributed by atoms with Crippen molar-refractivity contribution in [3.05, 3.63) is 35.4 Å². The Kier molecular flexibility index (Phi) is 13.2. The highest BCUT2D eigenvalue weighted by Gasteiger charge is 2.31. The second kappa shape index (κ2) is 13.6. The van der Waals surface area contributed by atoms with Crippen LogP contribution in [0.5, 0.6) is 0 Å². The lowest BCUT2D eigenvalue weighted by molar-refractivity contribution is -0.0684. The number of hydrogen-bond donors (Lipinski definition) is 0. The fourth-order valence-electron chi connectivity index (χ4n) is 4.01. The molecular formula is C29H54O. The Morgan fingerprint density at radius 1 is 0.800 bits per heavy atom. The summed E-state index contributed by atoms with van der Waals surface area (Å²) in [5, 5.41) is 0. The Morgan fingerprint density at radius 3 is 1.77 bits per heavy atom. The molecule has 1 aromatic rings. The molecule has 0 heterocycles. The van der Waals surface area contributed by atoms with Crippen molar-refractivity contribution in [2.75, 3.05) is 0 Å². The third-order valence-corrected chi connectivity index (χ3v) is 6.25. The molecule has 1 unspecified atom stereocenters. The van der Waals surface area contributed by atoms with Crippen LogP contribution in [0.3, 0.4) is 0 Å². The van der Waals surface area contributed by atoms with Gasteiger partial charge in [-0.25, -0.2) is 0 Å². The molecule has 0 bridgehead atoms. The van der Waals surface area contributed by atoms with Crippen LogP contribution < -0.4 is 0 Å². The van der Waals surface area contributed by atoms with Crippen LogP contribution in [0.4, 0.5) is 0 Å². The summed E-state index contributed by atoms with van der Waals surface area (Å²) in [6.45, 7) is 26.0. The van der Waals surface area contributed by atoms with Gasteiger partial charge in [0, 0.05) is 0 Å². The van der Waals surface area contributed by atoms with Crippen LogP contribution >= 0.6 is 0 Å².